The van der Waals surface area contributed by atoms with Gasteiger partial charge >= 0.3 is 6.18 Å². The van der Waals surface area contributed by atoms with E-state index in [1.54, 1.807) is 30.5 Å². The number of carbonyl (C=O) groups excluding carboxylic acids is 1. The third-order valence-electron chi connectivity index (χ3n) is 4.26. The van der Waals surface area contributed by atoms with E-state index in [0.717, 1.165) is 12.1 Å². The number of methoxy groups -OCH3 is 1. The van der Waals surface area contributed by atoms with Crippen LogP contribution in [0, 0.1) is 0 Å². The predicted octanol–water partition coefficient (Wildman–Crippen LogP) is 3.39. The van der Waals surface area contributed by atoms with Crippen LogP contribution in [-0.2, 0) is 24.1 Å². The second-order valence-electron chi connectivity index (χ2n) is 6.59. The molecule has 0 saturated heterocycles. The zero-order valence-corrected chi connectivity index (χ0v) is 16.4. The molecule has 0 unspecified atom stereocenters. The number of halogens is 3. The summed E-state index contributed by atoms with van der Waals surface area (Å²) in [5.41, 5.74) is 0.829. The highest BCUT2D eigenvalue weighted by Crippen LogP contribution is 2.29. The molecule has 0 radical (unpaired) electrons. The number of hydrogen-bond donors (Lipinski definition) is 2. The summed E-state index contributed by atoms with van der Waals surface area (Å²) in [7, 11) is 1.43. The van der Waals surface area contributed by atoms with E-state index in [1.165, 1.54) is 30.0 Å². The van der Waals surface area contributed by atoms with Gasteiger partial charge in [0.25, 0.3) is 0 Å². The second-order valence-corrected chi connectivity index (χ2v) is 6.59. The summed E-state index contributed by atoms with van der Waals surface area (Å²) in [6.07, 6.45) is 0.0162. The fraction of sp³-hybridized carbons (Fsp3) is 0.190. The van der Waals surface area contributed by atoms with E-state index in [0.29, 0.717) is 22.6 Å². The summed E-state index contributed by atoms with van der Waals surface area (Å²) < 4.78 is 44.9. The molecule has 3 rings (SSSR count). The number of ether oxygens (including phenoxy) is 1. The van der Waals surface area contributed by atoms with Crippen LogP contribution < -0.4 is 10.1 Å². The second kappa shape index (κ2) is 9.33. The molecule has 10 heteroatoms. The maximum atomic E-state index is 12.8. The SMILES string of the molecule is COc1cc(/C=C/C(=O)NCc2cn(Cc3cccc(C(F)(F)F)c3)nn2)ccc1O. The number of rotatable bonds is 7. The van der Waals surface area contributed by atoms with Gasteiger partial charge in [-0.05, 0) is 41.5 Å². The Morgan fingerprint density at radius 2 is 2.06 bits per heavy atom. The molecule has 0 aliphatic carbocycles. The molecule has 2 N–H and O–H groups in total. The zero-order chi connectivity index (χ0) is 22.4. The molecule has 0 bridgehead atoms. The third kappa shape index (κ3) is 6.08. The third-order valence-corrected chi connectivity index (χ3v) is 4.26. The summed E-state index contributed by atoms with van der Waals surface area (Å²) in [5.74, 6) is -0.0864. The number of alkyl halides is 3. The van der Waals surface area contributed by atoms with E-state index < -0.39 is 11.7 Å². The molecule has 0 aliphatic heterocycles. The van der Waals surface area contributed by atoms with Crippen LogP contribution in [0.3, 0.4) is 0 Å². The van der Waals surface area contributed by atoms with Crippen molar-refractivity contribution in [2.45, 2.75) is 19.3 Å². The van der Waals surface area contributed by atoms with Crippen molar-refractivity contribution in [2.75, 3.05) is 7.11 Å². The molecule has 2 aromatic carbocycles. The number of aromatic nitrogens is 3. The van der Waals surface area contributed by atoms with Crippen LogP contribution in [-0.4, -0.2) is 33.1 Å². The minimum absolute atomic E-state index is 0.00248. The van der Waals surface area contributed by atoms with Gasteiger partial charge in [0.05, 0.1) is 32.0 Å². The minimum Gasteiger partial charge on any atom is -0.504 e. The van der Waals surface area contributed by atoms with Gasteiger partial charge in [0.15, 0.2) is 11.5 Å². The predicted molar refractivity (Wildman–Crippen MR) is 106 cm³/mol. The molecule has 0 aliphatic rings. The Morgan fingerprint density at radius 1 is 1.26 bits per heavy atom. The van der Waals surface area contributed by atoms with Gasteiger partial charge in [-0.15, -0.1) is 5.10 Å². The molecule has 0 atom stereocenters. The number of phenolic OH excluding ortho intramolecular Hbond substituents is 1. The minimum atomic E-state index is -4.41. The maximum absolute atomic E-state index is 12.8. The Hall–Kier alpha value is -3.82. The highest BCUT2D eigenvalue weighted by molar-refractivity contribution is 5.91. The molecule has 7 nitrogen and oxygen atoms in total. The number of hydrogen-bond acceptors (Lipinski definition) is 5. The average molecular weight is 432 g/mol. The number of amides is 1. The quantitative estimate of drug-likeness (QED) is 0.559. The first-order chi connectivity index (χ1) is 14.7. The number of benzene rings is 2. The summed E-state index contributed by atoms with van der Waals surface area (Å²) in [6.45, 7) is 0.220. The number of aromatic hydroxyl groups is 1. The van der Waals surface area contributed by atoms with Crippen molar-refractivity contribution < 1.29 is 27.8 Å². The molecule has 162 valence electrons. The largest absolute Gasteiger partial charge is 0.504 e. The Balaban J connectivity index is 1.55. The van der Waals surface area contributed by atoms with Crippen LogP contribution in [0.1, 0.15) is 22.4 Å². The lowest BCUT2D eigenvalue weighted by atomic mass is 10.1. The van der Waals surface area contributed by atoms with E-state index in [9.17, 15) is 23.1 Å². The molecular weight excluding hydrogens is 413 g/mol. The molecule has 31 heavy (non-hydrogen) atoms. The van der Waals surface area contributed by atoms with Crippen molar-refractivity contribution in [3.05, 3.63) is 77.1 Å². The normalized spacial score (nSPS) is 11.6. The summed E-state index contributed by atoms with van der Waals surface area (Å²) in [5, 5.41) is 20.0. The van der Waals surface area contributed by atoms with Crippen molar-refractivity contribution >= 4 is 12.0 Å². The van der Waals surface area contributed by atoms with Gasteiger partial charge in [-0.2, -0.15) is 13.2 Å². The van der Waals surface area contributed by atoms with Crippen LogP contribution in [0.4, 0.5) is 13.2 Å². The van der Waals surface area contributed by atoms with Crippen molar-refractivity contribution in [1.29, 1.82) is 0 Å². The van der Waals surface area contributed by atoms with Crippen molar-refractivity contribution in [3.8, 4) is 11.5 Å². The van der Waals surface area contributed by atoms with E-state index in [4.69, 9.17) is 4.74 Å². The van der Waals surface area contributed by atoms with Gasteiger partial charge in [0, 0.05) is 6.08 Å². The lowest BCUT2D eigenvalue weighted by Crippen LogP contribution is -2.20. The van der Waals surface area contributed by atoms with Crippen molar-refractivity contribution in [1.82, 2.24) is 20.3 Å². The topological polar surface area (TPSA) is 89.3 Å². The van der Waals surface area contributed by atoms with Gasteiger partial charge in [0.1, 0.15) is 5.69 Å². The number of carbonyl (C=O) groups is 1. The lowest BCUT2D eigenvalue weighted by molar-refractivity contribution is -0.137. The van der Waals surface area contributed by atoms with E-state index in [2.05, 4.69) is 15.6 Å². The molecule has 0 spiro atoms. The van der Waals surface area contributed by atoms with Gasteiger partial charge in [-0.1, -0.05) is 23.4 Å². The lowest BCUT2D eigenvalue weighted by Gasteiger charge is -2.08. The zero-order valence-electron chi connectivity index (χ0n) is 16.4. The molecule has 0 saturated carbocycles. The fourth-order valence-electron chi connectivity index (χ4n) is 2.74. The number of nitrogens with one attached hydrogen (secondary N) is 1. The molecule has 0 fully saturated rings. The number of nitrogens with zero attached hydrogens (tertiary/aromatic N) is 3. The van der Waals surface area contributed by atoms with Gasteiger partial charge in [-0.25, -0.2) is 4.68 Å². The van der Waals surface area contributed by atoms with E-state index in [1.807, 2.05) is 0 Å². The Kier molecular flexibility index (Phi) is 6.58. The highest BCUT2D eigenvalue weighted by atomic mass is 19.4. The highest BCUT2D eigenvalue weighted by Gasteiger charge is 2.30. The van der Waals surface area contributed by atoms with Gasteiger partial charge < -0.3 is 15.2 Å². The van der Waals surface area contributed by atoms with Crippen LogP contribution in [0.5, 0.6) is 11.5 Å². The average Bonchev–Trinajstić information content (AvgIpc) is 3.18. The van der Waals surface area contributed by atoms with Crippen molar-refractivity contribution in [2.24, 2.45) is 0 Å². The van der Waals surface area contributed by atoms with E-state index in [-0.39, 0.29) is 24.7 Å². The number of phenols is 1. The van der Waals surface area contributed by atoms with E-state index >= 15 is 0 Å². The standard InChI is InChI=1S/C21H19F3N4O3/c1-31-19-10-14(5-7-18(19)29)6-8-20(30)25-11-17-13-28(27-26-17)12-15-3-2-4-16(9-15)21(22,23)24/h2-10,13,29H,11-12H2,1H3,(H,25,30)/b8-6+. The molecule has 3 aromatic rings. The van der Waals surface area contributed by atoms with Crippen LogP contribution >= 0.6 is 0 Å². The summed E-state index contributed by atoms with van der Waals surface area (Å²) >= 11 is 0. The van der Waals surface area contributed by atoms with Gasteiger partial charge in [0.2, 0.25) is 5.91 Å². The smallest absolute Gasteiger partial charge is 0.416 e. The molecule has 1 heterocycles. The first-order valence-corrected chi connectivity index (χ1v) is 9.12. The molecule has 1 aromatic heterocycles. The summed E-state index contributed by atoms with van der Waals surface area (Å²) in [6, 6.07) is 9.64. The van der Waals surface area contributed by atoms with Crippen LogP contribution in [0.15, 0.2) is 54.7 Å². The monoisotopic (exact) mass is 432 g/mol. The van der Waals surface area contributed by atoms with Crippen LogP contribution in [0.2, 0.25) is 0 Å². The van der Waals surface area contributed by atoms with Crippen molar-refractivity contribution in [3.63, 3.8) is 0 Å². The maximum Gasteiger partial charge on any atom is 0.416 e. The first-order valence-electron chi connectivity index (χ1n) is 9.12. The molecule has 1 amide bonds. The fourth-order valence-corrected chi connectivity index (χ4v) is 2.74. The Bertz CT molecular complexity index is 1090. The van der Waals surface area contributed by atoms with Crippen LogP contribution in [0.25, 0.3) is 6.08 Å². The summed E-state index contributed by atoms with van der Waals surface area (Å²) in [4.78, 5) is 12.0. The Labute approximate surface area is 175 Å². The van der Waals surface area contributed by atoms with Gasteiger partial charge in [-0.3, -0.25) is 4.79 Å². The Morgan fingerprint density at radius 3 is 2.81 bits per heavy atom. The first kappa shape index (κ1) is 21.9. The molecular formula is C21H19F3N4O3.